The minimum absolute atomic E-state index is 0. The molecule has 0 radical (unpaired) electrons. The summed E-state index contributed by atoms with van der Waals surface area (Å²) in [5.41, 5.74) is 0. The molecular weight excluding hydrogens is 230 g/mol. The van der Waals surface area contributed by atoms with Crippen LogP contribution in [0.2, 0.25) is 0 Å². The number of aryl methyl sites for hydroxylation is 2. The minimum Gasteiger partial charge on any atom is -1.00 e. The zero-order chi connectivity index (χ0) is 8.81. The molecule has 13 heavy (non-hydrogen) atoms. The maximum atomic E-state index is 8.37. The Morgan fingerprint density at radius 1 is 1.54 bits per heavy atom. The highest BCUT2D eigenvalue weighted by atomic mass is 79.9. The Labute approximate surface area is 89.4 Å². The predicted octanol–water partition coefficient (Wildman–Crippen LogP) is -1.90. The van der Waals surface area contributed by atoms with E-state index >= 15 is 0 Å². The Hall–Kier alpha value is -0.820. The predicted molar refractivity (Wildman–Crippen MR) is 45.1 cm³/mol. The topological polar surface area (TPSA) is 32.6 Å². The second-order valence-corrected chi connectivity index (χ2v) is 2.80. The number of aromatic nitrogens is 2. The van der Waals surface area contributed by atoms with Gasteiger partial charge in [-0.05, 0) is 6.42 Å². The average Bonchev–Trinajstić information content (AvgIpc) is 2.50. The lowest BCUT2D eigenvalue weighted by molar-refractivity contribution is -0.696. The van der Waals surface area contributed by atoms with Crippen LogP contribution < -0.4 is 21.5 Å². The van der Waals surface area contributed by atoms with Crippen LogP contribution in [0.1, 0.15) is 19.8 Å². The van der Waals surface area contributed by atoms with Gasteiger partial charge in [0.25, 0.3) is 0 Å². The Morgan fingerprint density at radius 3 is 2.92 bits per heavy atom. The molecular formula is C9H14BrN3. The molecule has 0 N–H and O–H groups in total. The van der Waals surface area contributed by atoms with Crippen molar-refractivity contribution < 1.29 is 21.5 Å². The summed E-state index contributed by atoms with van der Waals surface area (Å²) < 4.78 is 4.18. The van der Waals surface area contributed by atoms with Crippen molar-refractivity contribution in [3.05, 3.63) is 18.7 Å². The summed E-state index contributed by atoms with van der Waals surface area (Å²) in [6.07, 6.45) is 7.82. The van der Waals surface area contributed by atoms with Crippen molar-refractivity contribution in [2.24, 2.45) is 0 Å². The average molecular weight is 244 g/mol. The van der Waals surface area contributed by atoms with Crippen LogP contribution in [0.15, 0.2) is 18.7 Å². The molecule has 0 amide bonds. The zero-order valence-corrected chi connectivity index (χ0v) is 9.37. The molecule has 0 aliphatic rings. The van der Waals surface area contributed by atoms with Crippen LogP contribution >= 0.6 is 0 Å². The summed E-state index contributed by atoms with van der Waals surface area (Å²) in [6, 6.07) is 2.13. The van der Waals surface area contributed by atoms with E-state index in [0.29, 0.717) is 6.42 Å². The van der Waals surface area contributed by atoms with Gasteiger partial charge >= 0.3 is 0 Å². The standard InChI is InChI=1S/C9H14N3.BrH/c1-2-5-11-7-8-12(9-11)6-3-4-10;/h7-9H,2-3,5-6H2,1H3;1H/q+1;/p-1. The molecule has 0 unspecified atom stereocenters. The molecule has 3 nitrogen and oxygen atoms in total. The Bertz CT molecular complexity index is 275. The lowest BCUT2D eigenvalue weighted by Crippen LogP contribution is -3.00. The fraction of sp³-hybridized carbons (Fsp3) is 0.556. The molecule has 0 bridgehead atoms. The first-order valence-corrected chi connectivity index (χ1v) is 4.28. The van der Waals surface area contributed by atoms with E-state index in [1.807, 2.05) is 23.3 Å². The maximum Gasteiger partial charge on any atom is 0.243 e. The van der Waals surface area contributed by atoms with Crippen LogP contribution in [0.4, 0.5) is 0 Å². The van der Waals surface area contributed by atoms with Gasteiger partial charge < -0.3 is 17.0 Å². The van der Waals surface area contributed by atoms with Crippen LogP contribution in [-0.2, 0) is 13.1 Å². The number of nitrogens with zero attached hydrogens (tertiary/aromatic N) is 3. The zero-order valence-electron chi connectivity index (χ0n) is 7.78. The number of hydrogen-bond donors (Lipinski definition) is 0. The van der Waals surface area contributed by atoms with E-state index in [2.05, 4.69) is 17.6 Å². The van der Waals surface area contributed by atoms with Crippen molar-refractivity contribution in [3.8, 4) is 6.07 Å². The summed E-state index contributed by atoms with van der Waals surface area (Å²) >= 11 is 0. The first-order valence-electron chi connectivity index (χ1n) is 4.28. The molecule has 0 saturated carbocycles. The largest absolute Gasteiger partial charge is 1.00 e. The number of halogens is 1. The summed E-state index contributed by atoms with van der Waals surface area (Å²) in [5.74, 6) is 0. The van der Waals surface area contributed by atoms with Crippen molar-refractivity contribution in [2.75, 3.05) is 0 Å². The molecule has 1 aromatic rings. The van der Waals surface area contributed by atoms with Crippen molar-refractivity contribution in [1.82, 2.24) is 4.57 Å². The van der Waals surface area contributed by atoms with E-state index in [1.54, 1.807) is 0 Å². The van der Waals surface area contributed by atoms with E-state index in [-0.39, 0.29) is 17.0 Å². The third-order valence-electron chi connectivity index (χ3n) is 1.71. The molecule has 0 atom stereocenters. The van der Waals surface area contributed by atoms with Crippen molar-refractivity contribution in [3.63, 3.8) is 0 Å². The highest BCUT2D eigenvalue weighted by Gasteiger charge is 2.00. The van der Waals surface area contributed by atoms with E-state index in [1.165, 1.54) is 0 Å². The molecule has 1 aromatic heterocycles. The number of rotatable bonds is 4. The van der Waals surface area contributed by atoms with Crippen LogP contribution in [0.5, 0.6) is 0 Å². The SMILES string of the molecule is CCC[n+]1ccn(CCC#N)c1.[Br-]. The first kappa shape index (κ1) is 12.2. The number of imidazole rings is 1. The highest BCUT2D eigenvalue weighted by Crippen LogP contribution is 1.88. The second kappa shape index (κ2) is 6.67. The van der Waals surface area contributed by atoms with Gasteiger partial charge in [-0.2, -0.15) is 5.26 Å². The van der Waals surface area contributed by atoms with Gasteiger partial charge in [0, 0.05) is 0 Å². The van der Waals surface area contributed by atoms with Crippen LogP contribution in [0, 0.1) is 11.3 Å². The van der Waals surface area contributed by atoms with Crippen molar-refractivity contribution >= 4 is 0 Å². The molecule has 72 valence electrons. The first-order chi connectivity index (χ1) is 5.86. The highest BCUT2D eigenvalue weighted by molar-refractivity contribution is 4.73. The molecule has 0 spiro atoms. The van der Waals surface area contributed by atoms with Crippen LogP contribution in [-0.4, -0.2) is 4.57 Å². The third-order valence-corrected chi connectivity index (χ3v) is 1.71. The number of hydrogen-bond acceptors (Lipinski definition) is 1. The van der Waals surface area contributed by atoms with E-state index in [4.69, 9.17) is 5.26 Å². The molecule has 0 aliphatic carbocycles. The Balaban J connectivity index is 0.00000144. The quantitative estimate of drug-likeness (QED) is 0.570. The van der Waals surface area contributed by atoms with Gasteiger partial charge in [0.2, 0.25) is 6.33 Å². The lowest BCUT2D eigenvalue weighted by Gasteiger charge is -1.89. The normalized spacial score (nSPS) is 8.92. The van der Waals surface area contributed by atoms with Gasteiger partial charge in [0.15, 0.2) is 0 Å². The fourth-order valence-electron chi connectivity index (χ4n) is 1.14. The second-order valence-electron chi connectivity index (χ2n) is 2.80. The molecule has 0 aliphatic heterocycles. The van der Waals surface area contributed by atoms with Gasteiger partial charge in [-0.15, -0.1) is 0 Å². The van der Waals surface area contributed by atoms with Crippen molar-refractivity contribution in [2.45, 2.75) is 32.9 Å². The Kier molecular flexibility index (Phi) is 6.25. The summed E-state index contributed by atoms with van der Waals surface area (Å²) in [4.78, 5) is 0. The van der Waals surface area contributed by atoms with Gasteiger partial charge in [-0.3, -0.25) is 0 Å². The third kappa shape index (κ3) is 4.09. The summed E-state index contributed by atoms with van der Waals surface area (Å²) in [7, 11) is 0. The van der Waals surface area contributed by atoms with Gasteiger partial charge in [0.05, 0.1) is 19.0 Å². The van der Waals surface area contributed by atoms with Crippen LogP contribution in [0.25, 0.3) is 0 Å². The molecule has 1 rings (SSSR count). The molecule has 4 heteroatoms. The molecule has 0 fully saturated rings. The van der Waals surface area contributed by atoms with E-state index < -0.39 is 0 Å². The molecule has 0 saturated heterocycles. The molecule has 0 aromatic carbocycles. The smallest absolute Gasteiger partial charge is 0.243 e. The van der Waals surface area contributed by atoms with E-state index in [9.17, 15) is 0 Å². The van der Waals surface area contributed by atoms with Crippen molar-refractivity contribution in [1.29, 1.82) is 5.26 Å². The number of nitriles is 1. The monoisotopic (exact) mass is 243 g/mol. The van der Waals surface area contributed by atoms with E-state index in [0.717, 1.165) is 19.5 Å². The minimum atomic E-state index is 0. The lowest BCUT2D eigenvalue weighted by atomic mass is 10.5. The van der Waals surface area contributed by atoms with Gasteiger partial charge in [-0.1, -0.05) is 6.92 Å². The van der Waals surface area contributed by atoms with Gasteiger partial charge in [0.1, 0.15) is 18.9 Å². The fourth-order valence-corrected chi connectivity index (χ4v) is 1.14. The molecule has 1 heterocycles. The Morgan fingerprint density at radius 2 is 2.31 bits per heavy atom. The van der Waals surface area contributed by atoms with Crippen LogP contribution in [0.3, 0.4) is 0 Å². The summed E-state index contributed by atoms with van der Waals surface area (Å²) in [6.45, 7) is 4.01. The van der Waals surface area contributed by atoms with Gasteiger partial charge in [-0.25, -0.2) is 9.13 Å². The maximum absolute atomic E-state index is 8.37. The summed E-state index contributed by atoms with van der Waals surface area (Å²) in [5, 5.41) is 8.37.